The van der Waals surface area contributed by atoms with Crippen molar-refractivity contribution in [2.45, 2.75) is 25.0 Å². The Bertz CT molecular complexity index is 449. The first-order valence-corrected chi connectivity index (χ1v) is 7.77. The molecule has 2 N–H and O–H groups in total. The molecule has 0 saturated carbocycles. The fourth-order valence-corrected chi connectivity index (χ4v) is 3.52. The lowest BCUT2D eigenvalue weighted by molar-refractivity contribution is 0.638. The molecule has 1 heterocycles. The van der Waals surface area contributed by atoms with E-state index in [1.807, 2.05) is 17.8 Å². The second-order valence-electron chi connectivity index (χ2n) is 5.17. The minimum absolute atomic E-state index is 0.333. The molecule has 0 radical (unpaired) electrons. The van der Waals surface area contributed by atoms with Crippen molar-refractivity contribution in [2.75, 3.05) is 29.5 Å². The van der Waals surface area contributed by atoms with Crippen LogP contribution in [-0.2, 0) is 0 Å². The molecule has 0 spiro atoms. The number of benzene rings is 1. The molecule has 0 atom stereocenters. The highest BCUT2D eigenvalue weighted by Gasteiger charge is 2.24. The average Bonchev–Trinajstić information content (AvgIpc) is 2.45. The fourth-order valence-electron chi connectivity index (χ4n) is 2.09. The predicted octanol–water partition coefficient (Wildman–Crippen LogP) is 4.30. The molecule has 1 aromatic rings. The molecular weight excluding hydrogens is 287 g/mol. The Kier molecular flexibility index (Phi) is 4.25. The van der Waals surface area contributed by atoms with Gasteiger partial charge in [0.2, 0.25) is 0 Å². The number of nitrogens with zero attached hydrogens (tertiary/aromatic N) is 1. The van der Waals surface area contributed by atoms with E-state index in [4.69, 9.17) is 28.9 Å². The summed E-state index contributed by atoms with van der Waals surface area (Å²) in [5.74, 6) is 1.10. The molecule has 1 aromatic carbocycles. The van der Waals surface area contributed by atoms with Crippen molar-refractivity contribution in [2.24, 2.45) is 0 Å². The minimum Gasteiger partial charge on any atom is -0.397 e. The van der Waals surface area contributed by atoms with Crippen LogP contribution in [-0.4, -0.2) is 23.6 Å². The first kappa shape index (κ1) is 14.2. The summed E-state index contributed by atoms with van der Waals surface area (Å²) >= 11 is 14.1. The van der Waals surface area contributed by atoms with Crippen LogP contribution in [0.3, 0.4) is 0 Å². The van der Waals surface area contributed by atoms with Gasteiger partial charge in [-0.3, -0.25) is 0 Å². The van der Waals surface area contributed by atoms with Crippen molar-refractivity contribution in [3.63, 3.8) is 0 Å². The maximum atomic E-state index is 6.08. The van der Waals surface area contributed by atoms with Crippen LogP contribution >= 0.6 is 35.0 Å². The molecule has 18 heavy (non-hydrogen) atoms. The van der Waals surface area contributed by atoms with E-state index in [0.29, 0.717) is 20.5 Å². The Morgan fingerprint density at radius 1 is 1.22 bits per heavy atom. The molecule has 0 amide bonds. The maximum absolute atomic E-state index is 6.08. The van der Waals surface area contributed by atoms with Gasteiger partial charge in [-0.15, -0.1) is 0 Å². The predicted molar refractivity (Wildman–Crippen MR) is 84.2 cm³/mol. The van der Waals surface area contributed by atoms with Crippen LogP contribution in [0.4, 0.5) is 11.4 Å². The molecule has 1 fully saturated rings. The molecule has 2 rings (SSSR count). The topological polar surface area (TPSA) is 29.3 Å². The van der Waals surface area contributed by atoms with Gasteiger partial charge in [0.1, 0.15) is 0 Å². The molecule has 2 nitrogen and oxygen atoms in total. The van der Waals surface area contributed by atoms with E-state index in [1.165, 1.54) is 0 Å². The van der Waals surface area contributed by atoms with Gasteiger partial charge in [-0.1, -0.05) is 37.0 Å². The van der Waals surface area contributed by atoms with Crippen molar-refractivity contribution < 1.29 is 0 Å². The average molecular weight is 305 g/mol. The van der Waals surface area contributed by atoms with Crippen molar-refractivity contribution in [1.82, 2.24) is 0 Å². The van der Waals surface area contributed by atoms with Crippen LogP contribution in [0.5, 0.6) is 0 Å². The lowest BCUT2D eigenvalue weighted by atomic mass is 10.1. The Labute approximate surface area is 123 Å². The number of thioether (sulfide) groups is 1. The first-order valence-electron chi connectivity index (χ1n) is 6.02. The van der Waals surface area contributed by atoms with E-state index in [0.717, 1.165) is 31.0 Å². The first-order chi connectivity index (χ1) is 8.39. The van der Waals surface area contributed by atoms with Crippen LogP contribution in [0, 0.1) is 0 Å². The third-order valence-electron chi connectivity index (χ3n) is 3.25. The van der Waals surface area contributed by atoms with Crippen molar-refractivity contribution in [1.29, 1.82) is 0 Å². The Balaban J connectivity index is 2.24. The van der Waals surface area contributed by atoms with Gasteiger partial charge in [0, 0.05) is 23.6 Å². The van der Waals surface area contributed by atoms with Gasteiger partial charge in [-0.05, 0) is 18.6 Å². The molecule has 0 bridgehead atoms. The minimum atomic E-state index is 0.333. The lowest BCUT2D eigenvalue weighted by Crippen LogP contribution is -2.27. The highest BCUT2D eigenvalue weighted by molar-refractivity contribution is 8.00. The van der Waals surface area contributed by atoms with Gasteiger partial charge in [0.25, 0.3) is 0 Å². The van der Waals surface area contributed by atoms with Crippen molar-refractivity contribution >= 4 is 46.3 Å². The molecule has 0 aromatic heterocycles. The van der Waals surface area contributed by atoms with Gasteiger partial charge in [-0.2, -0.15) is 11.8 Å². The van der Waals surface area contributed by atoms with Crippen LogP contribution in [0.25, 0.3) is 0 Å². The number of nitrogen functional groups attached to an aromatic ring is 1. The maximum Gasteiger partial charge on any atom is 0.0616 e. The monoisotopic (exact) mass is 304 g/mol. The summed E-state index contributed by atoms with van der Waals surface area (Å²) in [7, 11) is 0. The molecule has 100 valence electrons. The summed E-state index contributed by atoms with van der Waals surface area (Å²) in [6, 6.07) is 3.62. The number of anilines is 2. The van der Waals surface area contributed by atoms with Crippen LogP contribution < -0.4 is 10.6 Å². The summed E-state index contributed by atoms with van der Waals surface area (Å²) in [6.45, 7) is 6.58. The van der Waals surface area contributed by atoms with E-state index in [-0.39, 0.29) is 0 Å². The van der Waals surface area contributed by atoms with E-state index < -0.39 is 0 Å². The largest absolute Gasteiger partial charge is 0.397 e. The van der Waals surface area contributed by atoms with Crippen molar-refractivity contribution in [3.05, 3.63) is 22.2 Å². The summed E-state index contributed by atoms with van der Waals surface area (Å²) in [5, 5.41) is 1.08. The number of hydrogen-bond acceptors (Lipinski definition) is 3. The molecule has 1 saturated heterocycles. The SMILES string of the molecule is CC1(C)CCN(c2cc(Cl)c(Cl)cc2N)CCS1. The highest BCUT2D eigenvalue weighted by atomic mass is 35.5. The fraction of sp³-hybridized carbons (Fsp3) is 0.538. The number of nitrogens with two attached hydrogens (primary N) is 1. The zero-order valence-electron chi connectivity index (χ0n) is 10.7. The Morgan fingerprint density at radius 3 is 2.61 bits per heavy atom. The zero-order chi connectivity index (χ0) is 13.3. The van der Waals surface area contributed by atoms with Gasteiger partial charge < -0.3 is 10.6 Å². The second-order valence-corrected chi connectivity index (χ2v) is 7.79. The second kappa shape index (κ2) is 5.40. The van der Waals surface area contributed by atoms with E-state index in [9.17, 15) is 0 Å². The quantitative estimate of drug-likeness (QED) is 0.785. The summed E-state index contributed by atoms with van der Waals surface area (Å²) < 4.78 is 0.333. The summed E-state index contributed by atoms with van der Waals surface area (Å²) in [6.07, 6.45) is 1.14. The van der Waals surface area contributed by atoms with Crippen LogP contribution in [0.15, 0.2) is 12.1 Å². The zero-order valence-corrected chi connectivity index (χ0v) is 13.0. The van der Waals surface area contributed by atoms with Gasteiger partial charge in [0.15, 0.2) is 0 Å². The lowest BCUT2D eigenvalue weighted by Gasteiger charge is -2.25. The van der Waals surface area contributed by atoms with Gasteiger partial charge in [0.05, 0.1) is 21.4 Å². The van der Waals surface area contributed by atoms with Crippen molar-refractivity contribution in [3.8, 4) is 0 Å². The van der Waals surface area contributed by atoms with Gasteiger partial charge in [-0.25, -0.2) is 0 Å². The molecule has 0 unspecified atom stereocenters. The summed E-state index contributed by atoms with van der Waals surface area (Å²) in [5.41, 5.74) is 7.75. The van der Waals surface area contributed by atoms with E-state index in [2.05, 4.69) is 18.7 Å². The van der Waals surface area contributed by atoms with Crippen LogP contribution in [0.2, 0.25) is 10.0 Å². The Hall–Kier alpha value is -0.250. The molecule has 0 aliphatic carbocycles. The third kappa shape index (κ3) is 3.19. The smallest absolute Gasteiger partial charge is 0.0616 e. The Morgan fingerprint density at radius 2 is 1.89 bits per heavy atom. The standard InChI is InChI=1S/C13H18Cl2N2S/c1-13(2)3-4-17(5-6-18-13)12-8-10(15)9(14)7-11(12)16/h7-8H,3-6,16H2,1-2H3. The molecule has 1 aliphatic heterocycles. The highest BCUT2D eigenvalue weighted by Crippen LogP contribution is 2.37. The number of halogens is 2. The van der Waals surface area contributed by atoms with E-state index in [1.54, 1.807) is 6.07 Å². The van der Waals surface area contributed by atoms with E-state index >= 15 is 0 Å². The summed E-state index contributed by atoms with van der Waals surface area (Å²) in [4.78, 5) is 2.30. The van der Waals surface area contributed by atoms with Crippen LogP contribution in [0.1, 0.15) is 20.3 Å². The number of hydrogen-bond donors (Lipinski definition) is 1. The molecular formula is C13H18Cl2N2S. The normalized spacial score (nSPS) is 19.7. The number of rotatable bonds is 1. The molecule has 1 aliphatic rings. The molecule has 5 heteroatoms. The van der Waals surface area contributed by atoms with Gasteiger partial charge >= 0.3 is 0 Å². The third-order valence-corrected chi connectivity index (χ3v) is 5.34.